The summed E-state index contributed by atoms with van der Waals surface area (Å²) in [5, 5.41) is 2.50. The molecule has 78 valence electrons. The molecular weight excluding hydrogens is 198 g/mol. The van der Waals surface area contributed by atoms with Gasteiger partial charge in [-0.1, -0.05) is 18.2 Å². The van der Waals surface area contributed by atoms with Crippen molar-refractivity contribution in [1.29, 1.82) is 0 Å². The van der Waals surface area contributed by atoms with Gasteiger partial charge in [0.15, 0.2) is 0 Å². The minimum Gasteiger partial charge on any atom is -0.466 e. The minimum atomic E-state index is -0.972. The molecule has 0 aromatic heterocycles. The zero-order chi connectivity index (χ0) is 10.8. The molecule has 0 bridgehead atoms. The average molecular weight is 207 g/mol. The molecule has 0 radical (unpaired) electrons. The molecule has 1 N–H and O–H groups in total. The highest BCUT2D eigenvalue weighted by Crippen LogP contribution is 2.30. The molecule has 15 heavy (non-hydrogen) atoms. The normalized spacial score (nSPS) is 18.5. The smallest absolute Gasteiger partial charge is 0.412 e. The largest absolute Gasteiger partial charge is 0.466 e. The van der Waals surface area contributed by atoms with Crippen molar-refractivity contribution in [2.24, 2.45) is 0 Å². The second kappa shape index (κ2) is 3.61. The van der Waals surface area contributed by atoms with Gasteiger partial charge in [0.2, 0.25) is 6.10 Å². The van der Waals surface area contributed by atoms with E-state index in [0.717, 1.165) is 0 Å². The molecule has 1 aromatic carbocycles. The van der Waals surface area contributed by atoms with Gasteiger partial charge in [-0.3, -0.25) is 5.32 Å². The summed E-state index contributed by atoms with van der Waals surface area (Å²) in [6, 6.07) is 6.93. The number of methoxy groups -OCH3 is 1. The Kier molecular flexibility index (Phi) is 2.29. The zero-order valence-electron chi connectivity index (χ0n) is 8.02. The maximum absolute atomic E-state index is 11.3. The van der Waals surface area contributed by atoms with Crippen LogP contribution in [0.1, 0.15) is 11.7 Å². The lowest BCUT2D eigenvalue weighted by atomic mass is 10.1. The van der Waals surface area contributed by atoms with Gasteiger partial charge in [0.25, 0.3) is 0 Å². The summed E-state index contributed by atoms with van der Waals surface area (Å²) in [5.74, 6) is -0.586. The zero-order valence-corrected chi connectivity index (χ0v) is 8.02. The van der Waals surface area contributed by atoms with Crippen molar-refractivity contribution in [3.05, 3.63) is 29.8 Å². The Balaban J connectivity index is 2.42. The van der Waals surface area contributed by atoms with E-state index < -0.39 is 18.2 Å². The third-order valence-electron chi connectivity index (χ3n) is 2.12. The van der Waals surface area contributed by atoms with Gasteiger partial charge in [0.1, 0.15) is 0 Å². The topological polar surface area (TPSA) is 64.6 Å². The molecule has 0 spiro atoms. The molecular formula is C10H9NO4. The second-order valence-corrected chi connectivity index (χ2v) is 3.02. The number of anilines is 1. The lowest BCUT2D eigenvalue weighted by molar-refractivity contribution is -0.150. The number of nitrogens with one attached hydrogen (secondary N) is 1. The lowest BCUT2D eigenvalue weighted by Crippen LogP contribution is -2.29. The number of esters is 1. The van der Waals surface area contributed by atoms with Crippen molar-refractivity contribution in [2.45, 2.75) is 6.10 Å². The highest BCUT2D eigenvalue weighted by atomic mass is 16.6. The van der Waals surface area contributed by atoms with Crippen LogP contribution in [0.3, 0.4) is 0 Å². The number of carbonyl (C=O) groups excluding carboxylic acids is 2. The molecule has 1 aromatic rings. The molecule has 1 atom stereocenters. The maximum atomic E-state index is 11.3. The molecule has 5 heteroatoms. The van der Waals surface area contributed by atoms with Crippen LogP contribution in [0.2, 0.25) is 0 Å². The first-order valence-electron chi connectivity index (χ1n) is 4.37. The highest BCUT2D eigenvalue weighted by Gasteiger charge is 2.32. The third kappa shape index (κ3) is 1.63. The van der Waals surface area contributed by atoms with E-state index in [1.54, 1.807) is 24.3 Å². The fraction of sp³-hybridized carbons (Fsp3) is 0.200. The quantitative estimate of drug-likeness (QED) is 0.708. The summed E-state index contributed by atoms with van der Waals surface area (Å²) in [6.07, 6.45) is -1.62. The monoisotopic (exact) mass is 207 g/mol. The fourth-order valence-corrected chi connectivity index (χ4v) is 1.43. The molecule has 1 amide bonds. The summed E-state index contributed by atoms with van der Waals surface area (Å²) < 4.78 is 9.39. The number of cyclic esters (lactones) is 1. The number of benzene rings is 1. The summed E-state index contributed by atoms with van der Waals surface area (Å²) in [6.45, 7) is 0. The SMILES string of the molecule is COC(=O)C1OC(=O)Nc2ccccc21. The van der Waals surface area contributed by atoms with Gasteiger partial charge in [0.05, 0.1) is 12.8 Å². The highest BCUT2D eigenvalue weighted by molar-refractivity contribution is 5.93. The Morgan fingerprint density at radius 2 is 2.20 bits per heavy atom. The molecule has 0 fully saturated rings. The van der Waals surface area contributed by atoms with Crippen molar-refractivity contribution < 1.29 is 19.1 Å². The first-order chi connectivity index (χ1) is 7.22. The number of rotatable bonds is 1. The van der Waals surface area contributed by atoms with E-state index in [1.165, 1.54) is 7.11 Å². The molecule has 2 rings (SSSR count). The fourth-order valence-electron chi connectivity index (χ4n) is 1.43. The predicted octanol–water partition coefficient (Wildman–Crippen LogP) is 1.46. The van der Waals surface area contributed by atoms with Gasteiger partial charge in [-0.15, -0.1) is 0 Å². The number of fused-ring (bicyclic) bond motifs is 1. The van der Waals surface area contributed by atoms with E-state index in [0.29, 0.717) is 11.3 Å². The standard InChI is InChI=1S/C10H9NO4/c1-14-9(12)8-6-4-2-3-5-7(6)11-10(13)15-8/h2-5,8H,1H3,(H,11,13). The number of hydrogen-bond donors (Lipinski definition) is 1. The van der Waals surface area contributed by atoms with Crippen LogP contribution in [0.15, 0.2) is 24.3 Å². The van der Waals surface area contributed by atoms with Gasteiger partial charge >= 0.3 is 12.1 Å². The summed E-state index contributed by atoms with van der Waals surface area (Å²) in [5.41, 5.74) is 1.17. The van der Waals surface area contributed by atoms with E-state index in [-0.39, 0.29) is 0 Å². The lowest BCUT2D eigenvalue weighted by Gasteiger charge is -2.23. The Labute approximate surface area is 86.0 Å². The van der Waals surface area contributed by atoms with Crippen LogP contribution in [0.4, 0.5) is 10.5 Å². The van der Waals surface area contributed by atoms with Crippen LogP contribution >= 0.6 is 0 Å². The van der Waals surface area contributed by atoms with E-state index in [2.05, 4.69) is 10.1 Å². The van der Waals surface area contributed by atoms with Crippen LogP contribution in [0.5, 0.6) is 0 Å². The number of carbonyl (C=O) groups is 2. The third-order valence-corrected chi connectivity index (χ3v) is 2.12. The van der Waals surface area contributed by atoms with E-state index in [1.807, 2.05) is 0 Å². The predicted molar refractivity (Wildman–Crippen MR) is 51.3 cm³/mol. The average Bonchev–Trinajstić information content (AvgIpc) is 2.26. The molecule has 1 heterocycles. The number of para-hydroxylation sites is 1. The minimum absolute atomic E-state index is 0.573. The van der Waals surface area contributed by atoms with Gasteiger partial charge < -0.3 is 9.47 Å². The van der Waals surface area contributed by atoms with Crippen LogP contribution in [-0.4, -0.2) is 19.2 Å². The van der Waals surface area contributed by atoms with Crippen molar-refractivity contribution in [1.82, 2.24) is 0 Å². The molecule has 0 saturated heterocycles. The van der Waals surface area contributed by atoms with Crippen LogP contribution in [0.25, 0.3) is 0 Å². The Hall–Kier alpha value is -2.04. The first-order valence-corrected chi connectivity index (χ1v) is 4.37. The van der Waals surface area contributed by atoms with E-state index in [4.69, 9.17) is 4.74 Å². The van der Waals surface area contributed by atoms with Gasteiger partial charge in [-0.25, -0.2) is 9.59 Å². The molecule has 0 saturated carbocycles. The summed E-state index contributed by atoms with van der Waals surface area (Å²) in [4.78, 5) is 22.5. The van der Waals surface area contributed by atoms with Crippen molar-refractivity contribution in [3.63, 3.8) is 0 Å². The maximum Gasteiger partial charge on any atom is 0.412 e. The summed E-state index contributed by atoms with van der Waals surface area (Å²) >= 11 is 0. The number of amides is 1. The van der Waals surface area contributed by atoms with Crippen LogP contribution < -0.4 is 5.32 Å². The Bertz CT molecular complexity index is 416. The molecule has 5 nitrogen and oxygen atoms in total. The van der Waals surface area contributed by atoms with E-state index >= 15 is 0 Å². The second-order valence-electron chi connectivity index (χ2n) is 3.02. The van der Waals surface area contributed by atoms with Gasteiger partial charge in [-0.2, -0.15) is 0 Å². The molecule has 1 unspecified atom stereocenters. The van der Waals surface area contributed by atoms with Gasteiger partial charge in [0, 0.05) is 5.56 Å². The number of ether oxygens (including phenoxy) is 2. The van der Waals surface area contributed by atoms with Crippen molar-refractivity contribution in [3.8, 4) is 0 Å². The van der Waals surface area contributed by atoms with Gasteiger partial charge in [-0.05, 0) is 6.07 Å². The molecule has 0 aliphatic carbocycles. The van der Waals surface area contributed by atoms with E-state index in [9.17, 15) is 9.59 Å². The molecule has 1 aliphatic heterocycles. The molecule has 1 aliphatic rings. The van der Waals surface area contributed by atoms with Crippen molar-refractivity contribution in [2.75, 3.05) is 12.4 Å². The van der Waals surface area contributed by atoms with Crippen molar-refractivity contribution >= 4 is 17.7 Å². The van der Waals surface area contributed by atoms with Crippen LogP contribution in [0, 0.1) is 0 Å². The summed E-state index contributed by atoms with van der Waals surface area (Å²) in [7, 11) is 1.25. The Morgan fingerprint density at radius 3 is 2.93 bits per heavy atom. The number of hydrogen-bond acceptors (Lipinski definition) is 4. The Morgan fingerprint density at radius 1 is 1.47 bits per heavy atom. The first kappa shape index (κ1) is 9.51. The van der Waals surface area contributed by atoms with Crippen LogP contribution in [-0.2, 0) is 14.3 Å².